The molecule has 0 saturated carbocycles. The predicted octanol–water partition coefficient (Wildman–Crippen LogP) is 3.38. The van der Waals surface area contributed by atoms with Crippen molar-refractivity contribution in [2.45, 2.75) is 24.8 Å². The largest absolute Gasteiger partial charge is 0.468 e. The van der Waals surface area contributed by atoms with Gasteiger partial charge in [-0.25, -0.2) is 13.1 Å². The van der Waals surface area contributed by atoms with E-state index in [0.29, 0.717) is 17.0 Å². The van der Waals surface area contributed by atoms with E-state index in [1.54, 1.807) is 49.4 Å². The summed E-state index contributed by atoms with van der Waals surface area (Å²) in [4.78, 5) is 12.7. The first kappa shape index (κ1) is 20.3. The summed E-state index contributed by atoms with van der Waals surface area (Å²) in [5.74, 6) is 0.0668. The molecule has 0 spiro atoms. The first-order valence-corrected chi connectivity index (χ1v) is 10.3. The Morgan fingerprint density at radius 2 is 1.90 bits per heavy atom. The summed E-state index contributed by atoms with van der Waals surface area (Å²) in [6.07, 6.45) is 1.75. The van der Waals surface area contributed by atoms with Crippen LogP contribution in [0, 0.1) is 18.3 Å². The maximum atomic E-state index is 12.7. The smallest absolute Gasteiger partial charge is 0.255 e. The van der Waals surface area contributed by atoms with Crippen molar-refractivity contribution in [2.24, 2.45) is 0 Å². The van der Waals surface area contributed by atoms with Crippen LogP contribution < -0.4 is 10.0 Å². The minimum absolute atomic E-state index is 0.0100. The molecule has 8 heteroatoms. The molecule has 0 aliphatic carbocycles. The zero-order valence-corrected chi connectivity index (χ0v) is 16.5. The summed E-state index contributed by atoms with van der Waals surface area (Å²) in [5, 5.41) is 11.5. The van der Waals surface area contributed by atoms with Gasteiger partial charge in [0.15, 0.2) is 0 Å². The van der Waals surface area contributed by atoms with Gasteiger partial charge < -0.3 is 9.73 Å². The number of nitrogens with one attached hydrogen (secondary N) is 2. The molecular formula is C21H19N3O4S. The fraction of sp³-hybridized carbons (Fsp3) is 0.143. The third kappa shape index (κ3) is 5.10. The van der Waals surface area contributed by atoms with Gasteiger partial charge in [-0.15, -0.1) is 0 Å². The van der Waals surface area contributed by atoms with Crippen molar-refractivity contribution in [1.29, 1.82) is 5.26 Å². The average molecular weight is 409 g/mol. The van der Waals surface area contributed by atoms with Crippen molar-refractivity contribution in [3.8, 4) is 6.07 Å². The van der Waals surface area contributed by atoms with Crippen LogP contribution in [-0.4, -0.2) is 14.3 Å². The number of anilines is 1. The predicted molar refractivity (Wildman–Crippen MR) is 108 cm³/mol. The van der Waals surface area contributed by atoms with Gasteiger partial charge in [0.1, 0.15) is 5.76 Å². The van der Waals surface area contributed by atoms with Gasteiger partial charge in [0, 0.05) is 11.3 Å². The normalized spacial score (nSPS) is 11.0. The van der Waals surface area contributed by atoms with Crippen LogP contribution in [0.5, 0.6) is 0 Å². The number of amides is 1. The lowest BCUT2D eigenvalue weighted by atomic mass is 10.1. The van der Waals surface area contributed by atoms with Crippen LogP contribution in [0.25, 0.3) is 0 Å². The molecule has 3 rings (SSSR count). The van der Waals surface area contributed by atoms with Gasteiger partial charge >= 0.3 is 0 Å². The highest BCUT2D eigenvalue weighted by molar-refractivity contribution is 7.89. The summed E-state index contributed by atoms with van der Waals surface area (Å²) in [6.45, 7) is 1.75. The topological polar surface area (TPSA) is 112 Å². The SMILES string of the molecule is Cc1ccc(S(=O)(=O)NCc2ccco2)cc1C(=O)Nc1ccc(CC#N)cc1. The molecule has 3 aromatic rings. The lowest BCUT2D eigenvalue weighted by molar-refractivity contribution is 0.102. The molecule has 1 aromatic heterocycles. The van der Waals surface area contributed by atoms with Crippen LogP contribution in [0.4, 0.5) is 5.69 Å². The van der Waals surface area contributed by atoms with Crippen molar-refractivity contribution >= 4 is 21.6 Å². The van der Waals surface area contributed by atoms with Gasteiger partial charge in [-0.2, -0.15) is 5.26 Å². The molecular weight excluding hydrogens is 390 g/mol. The molecule has 0 bridgehead atoms. The minimum atomic E-state index is -3.81. The molecule has 7 nitrogen and oxygen atoms in total. The van der Waals surface area contributed by atoms with E-state index in [2.05, 4.69) is 16.1 Å². The Hall–Kier alpha value is -3.41. The Morgan fingerprint density at radius 3 is 2.55 bits per heavy atom. The maximum Gasteiger partial charge on any atom is 0.255 e. The molecule has 1 amide bonds. The van der Waals surface area contributed by atoms with Crippen molar-refractivity contribution in [3.05, 3.63) is 83.3 Å². The van der Waals surface area contributed by atoms with E-state index >= 15 is 0 Å². The van der Waals surface area contributed by atoms with Crippen LogP contribution in [-0.2, 0) is 23.0 Å². The monoisotopic (exact) mass is 409 g/mol. The van der Waals surface area contributed by atoms with Gasteiger partial charge in [0.05, 0.1) is 30.2 Å². The number of furan rings is 1. The molecule has 1 heterocycles. The molecule has 0 aliphatic rings. The van der Waals surface area contributed by atoms with E-state index in [0.717, 1.165) is 5.56 Å². The first-order chi connectivity index (χ1) is 13.9. The average Bonchev–Trinajstić information content (AvgIpc) is 3.22. The molecule has 0 radical (unpaired) electrons. The fourth-order valence-corrected chi connectivity index (χ4v) is 3.69. The first-order valence-electron chi connectivity index (χ1n) is 8.79. The highest BCUT2D eigenvalue weighted by atomic mass is 32.2. The number of aryl methyl sites for hydroxylation is 1. The lowest BCUT2D eigenvalue weighted by Gasteiger charge is -2.11. The molecule has 0 fully saturated rings. The Kier molecular flexibility index (Phi) is 6.12. The molecule has 0 saturated heterocycles. The molecule has 2 aromatic carbocycles. The minimum Gasteiger partial charge on any atom is -0.468 e. The summed E-state index contributed by atoms with van der Waals surface area (Å²) < 4.78 is 32.7. The number of carbonyl (C=O) groups excluding carboxylic acids is 1. The van der Waals surface area contributed by atoms with Crippen LogP contribution in [0.15, 0.2) is 70.2 Å². The number of hydrogen-bond acceptors (Lipinski definition) is 5. The van der Waals surface area contributed by atoms with Crippen molar-refractivity contribution in [1.82, 2.24) is 4.72 Å². The van der Waals surface area contributed by atoms with Crippen molar-refractivity contribution < 1.29 is 17.6 Å². The zero-order chi connectivity index (χ0) is 20.9. The van der Waals surface area contributed by atoms with E-state index in [4.69, 9.17) is 9.68 Å². The summed E-state index contributed by atoms with van der Waals surface area (Å²) in [7, 11) is -3.81. The van der Waals surface area contributed by atoms with E-state index in [1.807, 2.05) is 0 Å². The highest BCUT2D eigenvalue weighted by Gasteiger charge is 2.18. The Bertz CT molecular complexity index is 1150. The van der Waals surface area contributed by atoms with Crippen molar-refractivity contribution in [2.75, 3.05) is 5.32 Å². The second kappa shape index (κ2) is 8.73. The highest BCUT2D eigenvalue weighted by Crippen LogP contribution is 2.18. The number of carbonyl (C=O) groups is 1. The second-order valence-corrected chi connectivity index (χ2v) is 8.13. The number of benzene rings is 2. The molecule has 148 valence electrons. The zero-order valence-electron chi connectivity index (χ0n) is 15.7. The summed E-state index contributed by atoms with van der Waals surface area (Å²) in [5.41, 5.74) is 2.30. The van der Waals surface area contributed by atoms with Crippen LogP contribution in [0.1, 0.15) is 27.2 Å². The number of hydrogen-bond donors (Lipinski definition) is 2. The molecule has 29 heavy (non-hydrogen) atoms. The van der Waals surface area contributed by atoms with E-state index in [-0.39, 0.29) is 23.4 Å². The fourth-order valence-electron chi connectivity index (χ4n) is 2.67. The van der Waals surface area contributed by atoms with E-state index in [9.17, 15) is 13.2 Å². The lowest BCUT2D eigenvalue weighted by Crippen LogP contribution is -2.24. The molecule has 0 atom stereocenters. The summed E-state index contributed by atoms with van der Waals surface area (Å²) >= 11 is 0. The third-order valence-corrected chi connectivity index (χ3v) is 5.67. The number of sulfonamides is 1. The maximum absolute atomic E-state index is 12.7. The Labute approximate surface area is 169 Å². The van der Waals surface area contributed by atoms with E-state index in [1.165, 1.54) is 18.4 Å². The van der Waals surface area contributed by atoms with Crippen molar-refractivity contribution in [3.63, 3.8) is 0 Å². The summed E-state index contributed by atoms with van der Waals surface area (Å²) in [6, 6.07) is 16.7. The van der Waals surface area contributed by atoms with Gasteiger partial charge in [0.25, 0.3) is 5.91 Å². The number of rotatable bonds is 7. The van der Waals surface area contributed by atoms with Gasteiger partial charge in [0.2, 0.25) is 10.0 Å². The molecule has 0 aliphatic heterocycles. The quantitative estimate of drug-likeness (QED) is 0.621. The van der Waals surface area contributed by atoms with Gasteiger partial charge in [-0.3, -0.25) is 4.79 Å². The molecule has 0 unspecified atom stereocenters. The van der Waals surface area contributed by atoms with E-state index < -0.39 is 15.9 Å². The number of nitrogens with zero attached hydrogens (tertiary/aromatic N) is 1. The molecule has 2 N–H and O–H groups in total. The third-order valence-electron chi connectivity index (χ3n) is 4.28. The van der Waals surface area contributed by atoms with Gasteiger partial charge in [-0.05, 0) is 54.4 Å². The van der Waals surface area contributed by atoms with Crippen LogP contribution in [0.3, 0.4) is 0 Å². The van der Waals surface area contributed by atoms with Crippen LogP contribution in [0.2, 0.25) is 0 Å². The second-order valence-electron chi connectivity index (χ2n) is 6.37. The Morgan fingerprint density at radius 1 is 1.14 bits per heavy atom. The standard InChI is InChI=1S/C21H19N3O4S/c1-15-4-9-19(29(26,27)23-14-18-3-2-12-28-18)13-20(15)21(25)24-17-7-5-16(6-8-17)10-11-22/h2-9,12-13,23H,10,14H2,1H3,(H,24,25). The number of nitriles is 1. The Balaban J connectivity index is 1.77. The van der Waals surface area contributed by atoms with Gasteiger partial charge in [-0.1, -0.05) is 18.2 Å². The van der Waals surface area contributed by atoms with Crippen LogP contribution >= 0.6 is 0 Å².